The first-order valence-corrected chi connectivity index (χ1v) is 12.3. The van der Waals surface area contributed by atoms with Crippen LogP contribution in [0.3, 0.4) is 0 Å². The lowest BCUT2D eigenvalue weighted by Gasteiger charge is -2.56. The van der Waals surface area contributed by atoms with Crippen molar-refractivity contribution in [3.63, 3.8) is 0 Å². The van der Waals surface area contributed by atoms with E-state index in [1.165, 1.54) is 24.8 Å². The highest BCUT2D eigenvalue weighted by Gasteiger charge is 2.54. The van der Waals surface area contributed by atoms with Gasteiger partial charge in [0.05, 0.1) is 5.75 Å². The molecule has 0 radical (unpaired) electrons. The number of rotatable bonds is 8. The van der Waals surface area contributed by atoms with Gasteiger partial charge in [-0.3, -0.25) is 4.79 Å². The van der Waals surface area contributed by atoms with Gasteiger partial charge in [-0.15, -0.1) is 10.2 Å². The summed E-state index contributed by atoms with van der Waals surface area (Å²) < 4.78 is 0.903. The molecule has 4 saturated carbocycles. The Morgan fingerprint density at radius 1 is 1.07 bits per heavy atom. The molecule has 6 rings (SSSR count). The maximum Gasteiger partial charge on any atom is 0.206 e. The third-order valence-electron chi connectivity index (χ3n) is 6.90. The van der Waals surface area contributed by atoms with Crippen LogP contribution in [0.15, 0.2) is 34.7 Å². The average Bonchev–Trinajstić information content (AvgIpc) is 3.14. The molecule has 1 heterocycles. The van der Waals surface area contributed by atoms with Crippen LogP contribution in [0, 0.1) is 23.2 Å². The largest absolute Gasteiger partial charge is 0.360 e. The first kappa shape index (κ1) is 18.6. The Bertz CT molecular complexity index is 800. The molecule has 0 spiro atoms. The van der Waals surface area contributed by atoms with E-state index in [4.69, 9.17) is 0 Å². The molecule has 1 aromatic heterocycles. The van der Waals surface area contributed by atoms with Gasteiger partial charge in [0.1, 0.15) is 5.78 Å². The Labute approximate surface area is 174 Å². The van der Waals surface area contributed by atoms with Crippen LogP contribution in [0.4, 0.5) is 5.13 Å². The van der Waals surface area contributed by atoms with Crippen molar-refractivity contribution in [3.8, 4) is 0 Å². The highest BCUT2D eigenvalue weighted by molar-refractivity contribution is 8.01. The lowest BCUT2D eigenvalue weighted by Crippen LogP contribution is -2.50. The Morgan fingerprint density at radius 3 is 2.43 bits per heavy atom. The molecule has 2 aromatic rings. The van der Waals surface area contributed by atoms with Gasteiger partial charge in [-0.25, -0.2) is 0 Å². The molecule has 1 aromatic carbocycles. The molecule has 148 valence electrons. The van der Waals surface area contributed by atoms with Crippen LogP contribution in [-0.2, 0) is 11.2 Å². The monoisotopic (exact) mass is 413 g/mol. The van der Waals surface area contributed by atoms with Crippen LogP contribution in [0.2, 0.25) is 0 Å². The molecule has 0 aliphatic heterocycles. The van der Waals surface area contributed by atoms with E-state index in [2.05, 4.69) is 39.8 Å². The molecule has 0 atom stereocenters. The maximum absolute atomic E-state index is 13.1. The number of benzene rings is 1. The minimum atomic E-state index is 0.00318. The zero-order valence-electron chi connectivity index (χ0n) is 16.1. The molecule has 4 bridgehead atoms. The van der Waals surface area contributed by atoms with Gasteiger partial charge >= 0.3 is 0 Å². The molecule has 4 aliphatic rings. The zero-order chi connectivity index (χ0) is 19.0. The highest BCUT2D eigenvalue weighted by Crippen LogP contribution is 2.60. The van der Waals surface area contributed by atoms with Crippen LogP contribution >= 0.6 is 23.1 Å². The highest BCUT2D eigenvalue weighted by atomic mass is 32.2. The number of carbonyl (C=O) groups is 1. The van der Waals surface area contributed by atoms with Crippen molar-refractivity contribution in [1.29, 1.82) is 0 Å². The number of hydrogen-bond donors (Lipinski definition) is 1. The van der Waals surface area contributed by atoms with E-state index in [-0.39, 0.29) is 5.41 Å². The lowest BCUT2D eigenvalue weighted by molar-refractivity contribution is -0.141. The number of anilines is 1. The molecule has 0 saturated heterocycles. The third kappa shape index (κ3) is 3.86. The Hall–Kier alpha value is -1.40. The SMILES string of the molecule is O=C(CSc1nnc(NCCc2ccccc2)s1)C12CC3CC(CC(C3)C1)C2. The van der Waals surface area contributed by atoms with Crippen LogP contribution in [-0.4, -0.2) is 28.3 Å². The molecule has 6 heteroatoms. The summed E-state index contributed by atoms with van der Waals surface area (Å²) in [4.78, 5) is 13.1. The van der Waals surface area contributed by atoms with Crippen molar-refractivity contribution < 1.29 is 4.79 Å². The molecular weight excluding hydrogens is 386 g/mol. The van der Waals surface area contributed by atoms with Crippen LogP contribution in [0.1, 0.15) is 44.1 Å². The van der Waals surface area contributed by atoms with Gasteiger partial charge in [-0.05, 0) is 68.3 Å². The predicted octanol–water partition coefficient (Wildman–Crippen LogP) is 5.07. The van der Waals surface area contributed by atoms with E-state index in [9.17, 15) is 4.79 Å². The van der Waals surface area contributed by atoms with Crippen molar-refractivity contribution in [2.45, 2.75) is 49.3 Å². The number of hydrogen-bond acceptors (Lipinski definition) is 6. The standard InChI is InChI=1S/C22H27N3OS2/c26-19(22-11-16-8-17(12-22)10-18(9-16)13-22)14-27-21-25-24-20(28-21)23-7-6-15-4-2-1-3-5-15/h1-5,16-18H,6-14H2,(H,23,24). The second kappa shape index (κ2) is 7.79. The van der Waals surface area contributed by atoms with Crippen molar-refractivity contribution in [2.24, 2.45) is 23.2 Å². The summed E-state index contributed by atoms with van der Waals surface area (Å²) in [5.41, 5.74) is 1.32. The van der Waals surface area contributed by atoms with E-state index in [0.717, 1.165) is 59.5 Å². The summed E-state index contributed by atoms with van der Waals surface area (Å²) in [6, 6.07) is 10.4. The predicted molar refractivity (Wildman–Crippen MR) is 115 cm³/mol. The zero-order valence-corrected chi connectivity index (χ0v) is 17.7. The fourth-order valence-electron chi connectivity index (χ4n) is 6.03. The van der Waals surface area contributed by atoms with Gasteiger partial charge in [0.15, 0.2) is 4.34 Å². The topological polar surface area (TPSA) is 54.9 Å². The minimum Gasteiger partial charge on any atom is -0.360 e. The number of thioether (sulfide) groups is 1. The van der Waals surface area contributed by atoms with Gasteiger partial charge in [0.2, 0.25) is 5.13 Å². The Balaban J connectivity index is 1.12. The summed E-state index contributed by atoms with van der Waals surface area (Å²) in [6.07, 6.45) is 8.58. The number of nitrogens with one attached hydrogen (secondary N) is 1. The van der Waals surface area contributed by atoms with E-state index in [1.807, 2.05) is 6.07 Å². The molecule has 1 N–H and O–H groups in total. The number of nitrogens with zero attached hydrogens (tertiary/aromatic N) is 2. The summed E-state index contributed by atoms with van der Waals surface area (Å²) in [5, 5.41) is 12.7. The van der Waals surface area contributed by atoms with Crippen LogP contribution < -0.4 is 5.32 Å². The average molecular weight is 414 g/mol. The van der Waals surface area contributed by atoms with Crippen LogP contribution in [0.5, 0.6) is 0 Å². The molecule has 28 heavy (non-hydrogen) atoms. The van der Waals surface area contributed by atoms with E-state index >= 15 is 0 Å². The van der Waals surface area contributed by atoms with Gasteiger partial charge in [-0.1, -0.05) is 53.4 Å². The van der Waals surface area contributed by atoms with Gasteiger partial charge in [0.25, 0.3) is 0 Å². The van der Waals surface area contributed by atoms with Gasteiger partial charge < -0.3 is 5.32 Å². The fraction of sp³-hybridized carbons (Fsp3) is 0.591. The lowest BCUT2D eigenvalue weighted by atomic mass is 9.48. The molecule has 4 nitrogen and oxygen atoms in total. The van der Waals surface area contributed by atoms with E-state index in [0.29, 0.717) is 11.5 Å². The number of Topliss-reactive ketones (excluding diaryl/α,β-unsaturated/α-hetero) is 1. The van der Waals surface area contributed by atoms with Crippen molar-refractivity contribution in [3.05, 3.63) is 35.9 Å². The number of aromatic nitrogens is 2. The minimum absolute atomic E-state index is 0.00318. The number of ketones is 1. The Kier molecular flexibility index (Phi) is 5.18. The van der Waals surface area contributed by atoms with Crippen molar-refractivity contribution >= 4 is 34.0 Å². The summed E-state index contributed by atoms with van der Waals surface area (Å²) >= 11 is 3.15. The van der Waals surface area contributed by atoms with E-state index < -0.39 is 0 Å². The number of carbonyl (C=O) groups excluding carboxylic acids is 1. The quantitative estimate of drug-likeness (QED) is 0.612. The maximum atomic E-state index is 13.1. The Morgan fingerprint density at radius 2 is 1.75 bits per heavy atom. The molecule has 4 aliphatic carbocycles. The summed E-state index contributed by atoms with van der Waals surface area (Å²) in [5.74, 6) is 3.50. The molecule has 4 fully saturated rings. The summed E-state index contributed by atoms with van der Waals surface area (Å²) in [6.45, 7) is 0.843. The van der Waals surface area contributed by atoms with Gasteiger partial charge in [0, 0.05) is 12.0 Å². The van der Waals surface area contributed by atoms with Gasteiger partial charge in [-0.2, -0.15) is 0 Å². The second-order valence-electron chi connectivity index (χ2n) is 8.95. The normalized spacial score (nSPS) is 30.5. The molecule has 0 unspecified atom stereocenters. The molecule has 0 amide bonds. The first-order chi connectivity index (χ1) is 13.7. The molecular formula is C22H27N3OS2. The smallest absolute Gasteiger partial charge is 0.206 e. The summed E-state index contributed by atoms with van der Waals surface area (Å²) in [7, 11) is 0. The fourth-order valence-corrected chi connectivity index (χ4v) is 7.84. The van der Waals surface area contributed by atoms with Crippen LogP contribution in [0.25, 0.3) is 0 Å². The third-order valence-corrected chi connectivity index (χ3v) is 8.91. The van der Waals surface area contributed by atoms with Crippen molar-refractivity contribution in [1.82, 2.24) is 10.2 Å². The van der Waals surface area contributed by atoms with E-state index in [1.54, 1.807) is 23.1 Å². The second-order valence-corrected chi connectivity index (χ2v) is 11.1. The first-order valence-electron chi connectivity index (χ1n) is 10.5. The van der Waals surface area contributed by atoms with Crippen molar-refractivity contribution in [2.75, 3.05) is 17.6 Å².